The molecule has 0 saturated heterocycles. The highest BCUT2D eigenvalue weighted by atomic mass is 16.6. The molecule has 0 fully saturated rings. The van der Waals surface area contributed by atoms with Gasteiger partial charge in [0.05, 0.1) is 4.92 Å². The van der Waals surface area contributed by atoms with E-state index in [2.05, 4.69) is 0 Å². The number of nitro benzene ring substituents is 1. The Labute approximate surface area is 120 Å². The summed E-state index contributed by atoms with van der Waals surface area (Å²) in [7, 11) is 0. The molecule has 0 heterocycles. The molecular formula is C13H17N3O5. The van der Waals surface area contributed by atoms with Crippen molar-refractivity contribution in [2.75, 3.05) is 6.54 Å². The van der Waals surface area contributed by atoms with Gasteiger partial charge in [0.2, 0.25) is 0 Å². The minimum Gasteiger partial charge on any atom is -0.480 e. The number of non-ortho nitro benzene ring substituents is 1. The van der Waals surface area contributed by atoms with Gasteiger partial charge in [-0.1, -0.05) is 0 Å². The molecule has 0 spiro atoms. The molecule has 8 nitrogen and oxygen atoms in total. The van der Waals surface area contributed by atoms with Crippen molar-refractivity contribution >= 4 is 17.4 Å². The van der Waals surface area contributed by atoms with Crippen LogP contribution in [0.1, 0.15) is 23.2 Å². The number of ketones is 1. The minimum absolute atomic E-state index is 0.0577. The van der Waals surface area contributed by atoms with Crippen LogP contribution in [0.4, 0.5) is 5.69 Å². The van der Waals surface area contributed by atoms with E-state index in [1.54, 1.807) is 0 Å². The summed E-state index contributed by atoms with van der Waals surface area (Å²) in [5.41, 5.74) is 11.1. The molecule has 0 radical (unpaired) electrons. The van der Waals surface area contributed by atoms with E-state index in [1.165, 1.54) is 24.3 Å². The first-order chi connectivity index (χ1) is 9.86. The van der Waals surface area contributed by atoms with Crippen molar-refractivity contribution in [1.29, 1.82) is 0 Å². The molecule has 1 rings (SSSR count). The number of hydrogen-bond donors (Lipinski definition) is 3. The van der Waals surface area contributed by atoms with Gasteiger partial charge in [-0.2, -0.15) is 0 Å². The van der Waals surface area contributed by atoms with Crippen LogP contribution in [0.5, 0.6) is 0 Å². The van der Waals surface area contributed by atoms with E-state index < -0.39 is 22.9 Å². The van der Waals surface area contributed by atoms with E-state index in [0.29, 0.717) is 5.56 Å². The van der Waals surface area contributed by atoms with E-state index >= 15 is 0 Å². The lowest BCUT2D eigenvalue weighted by molar-refractivity contribution is -0.384. The van der Waals surface area contributed by atoms with Gasteiger partial charge in [0.15, 0.2) is 5.78 Å². The average molecular weight is 295 g/mol. The van der Waals surface area contributed by atoms with Crippen LogP contribution >= 0.6 is 0 Å². The molecule has 0 saturated carbocycles. The highest BCUT2D eigenvalue weighted by molar-refractivity contribution is 5.98. The smallest absolute Gasteiger partial charge is 0.320 e. The number of carboxylic acid groups (broad SMARTS) is 1. The molecule has 114 valence electrons. The molecule has 8 heteroatoms. The highest BCUT2D eigenvalue weighted by Crippen LogP contribution is 2.18. The Morgan fingerprint density at radius 2 is 1.81 bits per heavy atom. The fourth-order valence-electron chi connectivity index (χ4n) is 1.84. The maximum absolute atomic E-state index is 12.2. The number of aliphatic carboxylic acids is 1. The van der Waals surface area contributed by atoms with Crippen molar-refractivity contribution in [2.24, 2.45) is 17.4 Å². The number of Topliss-reactive ketones (excluding diaryl/α,β-unsaturated/α-hetero) is 1. The summed E-state index contributed by atoms with van der Waals surface area (Å²) < 4.78 is 0. The second-order valence-corrected chi connectivity index (χ2v) is 4.62. The van der Waals surface area contributed by atoms with E-state index in [9.17, 15) is 19.7 Å². The maximum Gasteiger partial charge on any atom is 0.320 e. The zero-order valence-electron chi connectivity index (χ0n) is 11.3. The molecule has 0 aliphatic carbocycles. The van der Waals surface area contributed by atoms with Gasteiger partial charge in [0.25, 0.3) is 5.69 Å². The Morgan fingerprint density at radius 3 is 2.24 bits per heavy atom. The molecular weight excluding hydrogens is 278 g/mol. The van der Waals surface area contributed by atoms with Gasteiger partial charge in [-0.25, -0.2) is 0 Å². The van der Waals surface area contributed by atoms with Gasteiger partial charge in [-0.05, 0) is 25.0 Å². The molecule has 0 amide bonds. The largest absolute Gasteiger partial charge is 0.480 e. The lowest BCUT2D eigenvalue weighted by Crippen LogP contribution is -2.32. The first-order valence-electron chi connectivity index (χ1n) is 6.34. The standard InChI is InChI=1S/C13H17N3O5/c14-7-9(3-6-11(15)13(18)19)12(17)8-1-4-10(5-2-8)16(20)21/h1-2,4-5,9,11H,3,6-7,14-15H2,(H,18,19)/t9?,11-/m0/s1. The molecule has 0 aliphatic heterocycles. The second kappa shape index (κ2) is 7.46. The van der Waals surface area contributed by atoms with Crippen molar-refractivity contribution in [2.45, 2.75) is 18.9 Å². The molecule has 5 N–H and O–H groups in total. The number of benzene rings is 1. The van der Waals surface area contributed by atoms with Crippen LogP contribution in [0, 0.1) is 16.0 Å². The Kier molecular flexibility index (Phi) is 5.94. The van der Waals surface area contributed by atoms with Crippen LogP contribution < -0.4 is 11.5 Å². The monoisotopic (exact) mass is 295 g/mol. The Bertz CT molecular complexity index is 529. The summed E-state index contributed by atoms with van der Waals surface area (Å²) in [4.78, 5) is 32.8. The van der Waals surface area contributed by atoms with Gasteiger partial charge < -0.3 is 16.6 Å². The third kappa shape index (κ3) is 4.62. The highest BCUT2D eigenvalue weighted by Gasteiger charge is 2.22. The summed E-state index contributed by atoms with van der Waals surface area (Å²) in [5.74, 6) is -1.96. The summed E-state index contributed by atoms with van der Waals surface area (Å²) in [5, 5.41) is 19.2. The third-order valence-corrected chi connectivity index (χ3v) is 3.16. The number of rotatable bonds is 8. The number of carbonyl (C=O) groups excluding carboxylic acids is 1. The Balaban J connectivity index is 2.74. The van der Waals surface area contributed by atoms with E-state index in [4.69, 9.17) is 16.6 Å². The molecule has 0 aliphatic rings. The lowest BCUT2D eigenvalue weighted by atomic mass is 9.92. The minimum atomic E-state index is -1.13. The number of hydrogen-bond acceptors (Lipinski definition) is 6. The van der Waals surface area contributed by atoms with Crippen LogP contribution in [0.15, 0.2) is 24.3 Å². The van der Waals surface area contributed by atoms with Gasteiger partial charge in [-0.3, -0.25) is 19.7 Å². The molecule has 21 heavy (non-hydrogen) atoms. The maximum atomic E-state index is 12.2. The number of carboxylic acids is 1. The Morgan fingerprint density at radius 1 is 1.24 bits per heavy atom. The molecule has 0 aromatic heterocycles. The van der Waals surface area contributed by atoms with E-state index in [-0.39, 0.29) is 30.9 Å². The first kappa shape index (κ1) is 16.7. The SMILES string of the molecule is NCC(CC[C@H](N)C(=O)O)C(=O)c1ccc([N+](=O)[O-])cc1. The fourth-order valence-corrected chi connectivity index (χ4v) is 1.84. The summed E-state index contributed by atoms with van der Waals surface area (Å²) >= 11 is 0. The van der Waals surface area contributed by atoms with Crippen LogP contribution in [-0.4, -0.2) is 34.4 Å². The Hall–Kier alpha value is -2.32. The molecule has 1 unspecified atom stereocenters. The number of nitrogens with two attached hydrogens (primary N) is 2. The summed E-state index contributed by atoms with van der Waals surface area (Å²) in [6.45, 7) is 0.0577. The number of nitro groups is 1. The summed E-state index contributed by atoms with van der Waals surface area (Å²) in [6.07, 6.45) is 0.385. The predicted octanol–water partition coefficient (Wildman–Crippen LogP) is 0.545. The molecule has 2 atom stereocenters. The molecule has 1 aromatic carbocycles. The van der Waals surface area contributed by atoms with E-state index in [0.717, 1.165) is 0 Å². The zero-order valence-corrected chi connectivity index (χ0v) is 11.3. The first-order valence-corrected chi connectivity index (χ1v) is 6.34. The average Bonchev–Trinajstić information content (AvgIpc) is 2.47. The van der Waals surface area contributed by atoms with Crippen molar-refractivity contribution in [1.82, 2.24) is 0 Å². The van der Waals surface area contributed by atoms with Gasteiger partial charge in [-0.15, -0.1) is 0 Å². The van der Waals surface area contributed by atoms with Gasteiger partial charge in [0, 0.05) is 30.2 Å². The predicted molar refractivity (Wildman–Crippen MR) is 74.8 cm³/mol. The zero-order chi connectivity index (χ0) is 16.0. The fraction of sp³-hybridized carbons (Fsp3) is 0.385. The lowest BCUT2D eigenvalue weighted by Gasteiger charge is -2.15. The van der Waals surface area contributed by atoms with Crippen LogP contribution in [0.3, 0.4) is 0 Å². The van der Waals surface area contributed by atoms with Gasteiger partial charge in [0.1, 0.15) is 6.04 Å². The quantitative estimate of drug-likeness (QED) is 0.360. The van der Waals surface area contributed by atoms with Crippen molar-refractivity contribution in [3.05, 3.63) is 39.9 Å². The van der Waals surface area contributed by atoms with Gasteiger partial charge >= 0.3 is 5.97 Å². The third-order valence-electron chi connectivity index (χ3n) is 3.16. The summed E-state index contributed by atoms with van der Waals surface area (Å²) in [6, 6.07) is 4.16. The number of carbonyl (C=O) groups is 2. The van der Waals surface area contributed by atoms with Crippen molar-refractivity contribution in [3.8, 4) is 0 Å². The topological polar surface area (TPSA) is 150 Å². The van der Waals surface area contributed by atoms with Crippen LogP contribution in [0.2, 0.25) is 0 Å². The number of nitrogens with zero attached hydrogens (tertiary/aromatic N) is 1. The van der Waals surface area contributed by atoms with Crippen LogP contribution in [0.25, 0.3) is 0 Å². The normalized spacial score (nSPS) is 13.4. The van der Waals surface area contributed by atoms with Crippen molar-refractivity contribution < 1.29 is 19.6 Å². The van der Waals surface area contributed by atoms with Crippen molar-refractivity contribution in [3.63, 3.8) is 0 Å². The second-order valence-electron chi connectivity index (χ2n) is 4.62. The van der Waals surface area contributed by atoms with E-state index in [1.807, 2.05) is 0 Å². The molecule has 1 aromatic rings. The van der Waals surface area contributed by atoms with Crippen LogP contribution in [-0.2, 0) is 4.79 Å². The molecule has 0 bridgehead atoms.